The van der Waals surface area contributed by atoms with Gasteiger partial charge in [-0.25, -0.2) is 0 Å². The Bertz CT molecular complexity index is 725. The molecule has 1 aromatic heterocycles. The quantitative estimate of drug-likeness (QED) is 0.914. The number of nitrogens with one attached hydrogen (secondary N) is 1. The predicted octanol–water partition coefficient (Wildman–Crippen LogP) is 2.05. The molecule has 136 valence electrons. The van der Waals surface area contributed by atoms with Crippen LogP contribution in [-0.4, -0.2) is 53.9 Å². The van der Waals surface area contributed by atoms with Crippen molar-refractivity contribution in [1.82, 2.24) is 14.8 Å². The third-order valence-corrected chi connectivity index (χ3v) is 6.88. The summed E-state index contributed by atoms with van der Waals surface area (Å²) in [4.78, 5) is 32.4. The van der Waals surface area contributed by atoms with Crippen molar-refractivity contribution < 1.29 is 4.79 Å². The van der Waals surface area contributed by atoms with Crippen molar-refractivity contribution >= 4 is 5.91 Å². The molecule has 0 spiro atoms. The van der Waals surface area contributed by atoms with Crippen molar-refractivity contribution in [3.63, 3.8) is 0 Å². The Kier molecular flexibility index (Phi) is 4.22. The van der Waals surface area contributed by atoms with E-state index in [-0.39, 0.29) is 17.5 Å². The first-order valence-corrected chi connectivity index (χ1v) is 9.62. The lowest BCUT2D eigenvalue weighted by atomic mass is 10.0. The van der Waals surface area contributed by atoms with Gasteiger partial charge >= 0.3 is 0 Å². The second-order valence-electron chi connectivity index (χ2n) is 8.52. The zero-order valence-corrected chi connectivity index (χ0v) is 15.5. The molecule has 3 aliphatic carbocycles. The number of aromatic nitrogens is 1. The van der Waals surface area contributed by atoms with E-state index in [1.807, 2.05) is 18.0 Å². The molecule has 1 heterocycles. The molecule has 0 bridgehead atoms. The Morgan fingerprint density at radius 2 is 1.68 bits per heavy atom. The Labute approximate surface area is 149 Å². The first kappa shape index (κ1) is 16.8. The minimum atomic E-state index is -0.219. The summed E-state index contributed by atoms with van der Waals surface area (Å²) < 4.78 is 0. The van der Waals surface area contributed by atoms with Crippen LogP contribution in [0.2, 0.25) is 0 Å². The first-order chi connectivity index (χ1) is 11.9. The molecule has 0 aliphatic heterocycles. The summed E-state index contributed by atoms with van der Waals surface area (Å²) >= 11 is 0. The van der Waals surface area contributed by atoms with Gasteiger partial charge in [0.15, 0.2) is 0 Å². The van der Waals surface area contributed by atoms with Gasteiger partial charge in [0.05, 0.1) is 0 Å². The smallest absolute Gasteiger partial charge is 0.261 e. The summed E-state index contributed by atoms with van der Waals surface area (Å²) in [6.07, 6.45) is 7.62. The van der Waals surface area contributed by atoms with Gasteiger partial charge < -0.3 is 14.8 Å². The minimum Gasteiger partial charge on any atom is -0.339 e. The summed E-state index contributed by atoms with van der Waals surface area (Å²) in [5.74, 6) is 1.35. The first-order valence-electron chi connectivity index (χ1n) is 9.62. The monoisotopic (exact) mass is 343 g/mol. The van der Waals surface area contributed by atoms with E-state index in [4.69, 9.17) is 0 Å². The topological polar surface area (TPSA) is 56.4 Å². The number of amides is 1. The lowest BCUT2D eigenvalue weighted by Crippen LogP contribution is -2.39. The van der Waals surface area contributed by atoms with Crippen LogP contribution in [0.4, 0.5) is 0 Å². The molecule has 2 fully saturated rings. The predicted molar refractivity (Wildman–Crippen MR) is 97.9 cm³/mol. The van der Waals surface area contributed by atoms with Gasteiger partial charge in [0, 0.05) is 24.8 Å². The second kappa shape index (κ2) is 6.27. The summed E-state index contributed by atoms with van der Waals surface area (Å²) in [6, 6.07) is 2.81. The van der Waals surface area contributed by atoms with Crippen molar-refractivity contribution in [3.8, 4) is 0 Å². The molecular formula is C20H29N3O2. The fourth-order valence-electron chi connectivity index (χ4n) is 5.32. The average Bonchev–Trinajstić information content (AvgIpc) is 3.25. The van der Waals surface area contributed by atoms with E-state index in [1.165, 1.54) is 12.8 Å². The highest BCUT2D eigenvalue weighted by Crippen LogP contribution is 2.46. The van der Waals surface area contributed by atoms with Crippen LogP contribution in [0.15, 0.2) is 10.9 Å². The number of aromatic amines is 1. The molecule has 0 aromatic carbocycles. The number of hydrogen-bond donors (Lipinski definition) is 1. The molecular weight excluding hydrogens is 314 g/mol. The third-order valence-electron chi connectivity index (χ3n) is 6.88. The molecule has 4 atom stereocenters. The minimum absolute atomic E-state index is 0.106. The highest BCUT2D eigenvalue weighted by molar-refractivity contribution is 5.94. The van der Waals surface area contributed by atoms with E-state index >= 15 is 0 Å². The molecule has 2 saturated carbocycles. The fourth-order valence-corrected chi connectivity index (χ4v) is 5.32. The molecule has 5 heteroatoms. The van der Waals surface area contributed by atoms with Crippen molar-refractivity contribution in [3.05, 3.63) is 33.2 Å². The molecule has 1 amide bonds. The Balaban J connectivity index is 1.47. The number of carbonyl (C=O) groups is 1. The average molecular weight is 343 g/mol. The van der Waals surface area contributed by atoms with Crippen LogP contribution in [0.3, 0.4) is 0 Å². The van der Waals surface area contributed by atoms with Crippen LogP contribution >= 0.6 is 0 Å². The molecule has 3 aliphatic rings. The number of carbonyl (C=O) groups excluding carboxylic acids is 1. The zero-order chi connectivity index (χ0) is 17.7. The molecule has 5 nitrogen and oxygen atoms in total. The van der Waals surface area contributed by atoms with E-state index in [2.05, 4.69) is 24.0 Å². The summed E-state index contributed by atoms with van der Waals surface area (Å²) in [5.41, 5.74) is 2.28. The fraction of sp³-hybridized carbons (Fsp3) is 0.700. The maximum absolute atomic E-state index is 12.9. The summed E-state index contributed by atoms with van der Waals surface area (Å²) in [5, 5.41) is 0. The number of H-pyrrole nitrogens is 1. The van der Waals surface area contributed by atoms with Crippen LogP contribution in [0.25, 0.3) is 0 Å². The van der Waals surface area contributed by atoms with E-state index < -0.39 is 0 Å². The highest BCUT2D eigenvalue weighted by atomic mass is 16.2. The van der Waals surface area contributed by atoms with Gasteiger partial charge in [-0.05, 0) is 82.5 Å². The molecule has 1 N–H and O–H groups in total. The number of rotatable bonds is 3. The van der Waals surface area contributed by atoms with Gasteiger partial charge in [0.1, 0.15) is 5.56 Å². The van der Waals surface area contributed by atoms with Crippen LogP contribution < -0.4 is 5.56 Å². The van der Waals surface area contributed by atoms with Crippen molar-refractivity contribution in [2.75, 3.05) is 21.1 Å². The van der Waals surface area contributed by atoms with Gasteiger partial charge in [-0.1, -0.05) is 0 Å². The standard InChI is InChI=1S/C20H29N3O2/c1-22(2)15-7-13-9-16(10-14(13)8-15)23(3)20(25)17-11-12-5-4-6-18(12)21-19(17)24/h11,13-16H,4-10H2,1-3H3,(H,21,24)/t13-,14+,15?,16?. The third kappa shape index (κ3) is 2.92. The number of nitrogens with zero attached hydrogens (tertiary/aromatic N) is 2. The molecule has 0 radical (unpaired) electrons. The number of aryl methyl sites for hydroxylation is 2. The SMILES string of the molecule is CN(C)C1C[C@@H]2CC(N(C)C(=O)c3cc4c([nH]c3=O)CCC4)C[C@@H]2C1. The van der Waals surface area contributed by atoms with Crippen molar-refractivity contribution in [2.45, 2.75) is 57.0 Å². The van der Waals surface area contributed by atoms with E-state index in [0.717, 1.165) is 55.2 Å². The van der Waals surface area contributed by atoms with Gasteiger partial charge in [0.25, 0.3) is 11.5 Å². The van der Waals surface area contributed by atoms with Gasteiger partial charge in [0.2, 0.25) is 0 Å². The van der Waals surface area contributed by atoms with Crippen molar-refractivity contribution in [1.29, 1.82) is 0 Å². The Morgan fingerprint density at radius 3 is 2.32 bits per heavy atom. The van der Waals surface area contributed by atoms with Crippen LogP contribution in [0.5, 0.6) is 0 Å². The number of fused-ring (bicyclic) bond motifs is 2. The van der Waals surface area contributed by atoms with Crippen LogP contribution in [-0.2, 0) is 12.8 Å². The lowest BCUT2D eigenvalue weighted by molar-refractivity contribution is 0.0724. The largest absolute Gasteiger partial charge is 0.339 e. The molecule has 0 saturated heterocycles. The normalized spacial score (nSPS) is 30.6. The molecule has 2 unspecified atom stereocenters. The summed E-state index contributed by atoms with van der Waals surface area (Å²) in [6.45, 7) is 0. The number of hydrogen-bond acceptors (Lipinski definition) is 3. The highest BCUT2D eigenvalue weighted by Gasteiger charge is 2.44. The maximum atomic E-state index is 12.9. The van der Waals surface area contributed by atoms with Gasteiger partial charge in [-0.2, -0.15) is 0 Å². The van der Waals surface area contributed by atoms with Gasteiger partial charge in [-0.15, -0.1) is 0 Å². The Hall–Kier alpha value is -1.62. The van der Waals surface area contributed by atoms with E-state index in [9.17, 15) is 9.59 Å². The molecule has 1 aromatic rings. The van der Waals surface area contributed by atoms with Gasteiger partial charge in [-0.3, -0.25) is 9.59 Å². The maximum Gasteiger partial charge on any atom is 0.261 e. The molecule has 4 rings (SSSR count). The van der Waals surface area contributed by atoms with E-state index in [0.29, 0.717) is 11.6 Å². The lowest BCUT2D eigenvalue weighted by Gasteiger charge is -2.27. The Morgan fingerprint density at radius 1 is 1.04 bits per heavy atom. The van der Waals surface area contributed by atoms with Crippen LogP contribution in [0, 0.1) is 11.8 Å². The molecule has 25 heavy (non-hydrogen) atoms. The number of pyridine rings is 1. The second-order valence-corrected chi connectivity index (χ2v) is 8.52. The summed E-state index contributed by atoms with van der Waals surface area (Å²) in [7, 11) is 6.21. The van der Waals surface area contributed by atoms with Crippen LogP contribution in [0.1, 0.15) is 53.7 Å². The van der Waals surface area contributed by atoms with E-state index in [1.54, 1.807) is 0 Å². The van der Waals surface area contributed by atoms with Crippen molar-refractivity contribution in [2.24, 2.45) is 11.8 Å². The zero-order valence-electron chi connectivity index (χ0n) is 15.5.